The number of hydrogen-bond donors (Lipinski definition) is 1. The summed E-state index contributed by atoms with van der Waals surface area (Å²) in [5.74, 6) is 4.97. The van der Waals surface area contributed by atoms with Crippen LogP contribution in [-0.4, -0.2) is 28.5 Å². The normalized spacial score (nSPS) is 26.2. The van der Waals surface area contributed by atoms with Gasteiger partial charge in [0.25, 0.3) is 0 Å². The summed E-state index contributed by atoms with van der Waals surface area (Å²) in [6.07, 6.45) is 1.95. The summed E-state index contributed by atoms with van der Waals surface area (Å²) in [5, 5.41) is 9.06. The van der Waals surface area contributed by atoms with Gasteiger partial charge < -0.3 is 5.11 Å². The van der Waals surface area contributed by atoms with Crippen LogP contribution >= 0.6 is 11.3 Å². The van der Waals surface area contributed by atoms with Gasteiger partial charge in [-0.05, 0) is 5.41 Å². The molecule has 1 aromatic rings. The van der Waals surface area contributed by atoms with Crippen LogP contribution < -0.4 is 4.90 Å². The van der Waals surface area contributed by atoms with Crippen molar-refractivity contribution in [2.75, 3.05) is 11.5 Å². The van der Waals surface area contributed by atoms with Crippen molar-refractivity contribution in [1.82, 2.24) is 4.98 Å². The molecule has 0 aromatic carbocycles. The molecular weight excluding hydrogens is 276 g/mol. The fourth-order valence-electron chi connectivity index (χ4n) is 2.77. The van der Waals surface area contributed by atoms with Crippen molar-refractivity contribution < 1.29 is 14.7 Å². The van der Waals surface area contributed by atoms with Gasteiger partial charge in [0.2, 0.25) is 11.8 Å². The van der Waals surface area contributed by atoms with Crippen LogP contribution in [0.15, 0.2) is 6.20 Å². The Hall–Kier alpha value is -1.71. The summed E-state index contributed by atoms with van der Waals surface area (Å²) in [6, 6.07) is 0. The van der Waals surface area contributed by atoms with E-state index in [1.54, 1.807) is 6.20 Å². The standard InChI is InChI=1S/C14H14N2O3S/c1-14(2)9-10(14)12(19)16(11(9)18)13-15-7-8(20-13)5-3-4-6-17/h7,9-10,17H,4,6H2,1-2H3. The van der Waals surface area contributed by atoms with Crippen molar-refractivity contribution >= 4 is 28.3 Å². The van der Waals surface area contributed by atoms with Crippen LogP contribution in [0.25, 0.3) is 0 Å². The van der Waals surface area contributed by atoms with Gasteiger partial charge in [-0.15, -0.1) is 0 Å². The van der Waals surface area contributed by atoms with Gasteiger partial charge in [0.1, 0.15) is 0 Å². The van der Waals surface area contributed by atoms with E-state index >= 15 is 0 Å². The molecule has 0 radical (unpaired) electrons. The third-order valence-electron chi connectivity index (χ3n) is 3.93. The molecule has 20 heavy (non-hydrogen) atoms. The van der Waals surface area contributed by atoms with Crippen molar-refractivity contribution in [1.29, 1.82) is 0 Å². The predicted molar refractivity (Wildman–Crippen MR) is 73.9 cm³/mol. The van der Waals surface area contributed by atoms with Crippen molar-refractivity contribution in [3.8, 4) is 11.8 Å². The van der Waals surface area contributed by atoms with Gasteiger partial charge in [0.15, 0.2) is 5.13 Å². The maximum atomic E-state index is 12.2. The molecule has 5 nitrogen and oxygen atoms in total. The van der Waals surface area contributed by atoms with E-state index in [1.165, 1.54) is 16.2 Å². The lowest BCUT2D eigenvalue weighted by Gasteiger charge is -2.17. The second kappa shape index (κ2) is 4.40. The number of anilines is 1. The number of aromatic nitrogens is 1. The lowest BCUT2D eigenvalue weighted by Crippen LogP contribution is -2.36. The predicted octanol–water partition coefficient (Wildman–Crippen LogP) is 1.02. The number of rotatable bonds is 2. The molecule has 1 saturated heterocycles. The first-order valence-corrected chi connectivity index (χ1v) is 7.23. The number of piperidine rings is 1. The molecule has 2 fully saturated rings. The second-order valence-electron chi connectivity index (χ2n) is 5.57. The molecule has 2 heterocycles. The van der Waals surface area contributed by atoms with E-state index in [2.05, 4.69) is 16.8 Å². The largest absolute Gasteiger partial charge is 0.395 e. The number of nitrogens with zero attached hydrogens (tertiary/aromatic N) is 2. The minimum Gasteiger partial charge on any atom is -0.395 e. The van der Waals surface area contributed by atoms with Crippen LogP contribution in [-0.2, 0) is 9.59 Å². The van der Waals surface area contributed by atoms with Gasteiger partial charge >= 0.3 is 0 Å². The SMILES string of the molecule is CC1(C)C2C(=O)N(c3ncc(C#CCCO)s3)C(=O)C21. The van der Waals surface area contributed by atoms with Gasteiger partial charge in [0.05, 0.1) is 29.5 Å². The number of hydrogen-bond acceptors (Lipinski definition) is 5. The van der Waals surface area contributed by atoms with E-state index in [-0.39, 0.29) is 35.7 Å². The monoisotopic (exact) mass is 290 g/mol. The Balaban J connectivity index is 1.81. The zero-order valence-electron chi connectivity index (χ0n) is 11.2. The summed E-state index contributed by atoms with van der Waals surface area (Å²) in [7, 11) is 0. The zero-order chi connectivity index (χ0) is 14.5. The summed E-state index contributed by atoms with van der Waals surface area (Å²) < 4.78 is 0. The lowest BCUT2D eigenvalue weighted by molar-refractivity contribution is -0.125. The van der Waals surface area contributed by atoms with Crippen molar-refractivity contribution in [3.05, 3.63) is 11.1 Å². The molecule has 0 spiro atoms. The number of amides is 2. The minimum atomic E-state index is -0.203. The number of carbonyl (C=O) groups excluding carboxylic acids is 2. The van der Waals surface area contributed by atoms with Crippen molar-refractivity contribution in [3.63, 3.8) is 0 Å². The average Bonchev–Trinajstić information content (AvgIpc) is 2.71. The van der Waals surface area contributed by atoms with Crippen molar-refractivity contribution in [2.45, 2.75) is 20.3 Å². The molecule has 1 aliphatic carbocycles. The number of fused-ring (bicyclic) bond motifs is 1. The maximum absolute atomic E-state index is 12.2. The van der Waals surface area contributed by atoms with Crippen LogP contribution in [0.2, 0.25) is 0 Å². The van der Waals surface area contributed by atoms with E-state index in [4.69, 9.17) is 5.11 Å². The Morgan fingerprint density at radius 1 is 1.40 bits per heavy atom. The first kappa shape index (κ1) is 13.3. The molecule has 6 heteroatoms. The Labute approximate surface area is 120 Å². The molecular formula is C14H14N2O3S. The first-order valence-electron chi connectivity index (χ1n) is 6.42. The molecule has 1 N–H and O–H groups in total. The Morgan fingerprint density at radius 3 is 2.65 bits per heavy atom. The minimum absolute atomic E-state index is 0.0141. The number of aliphatic hydroxyl groups is 1. The Morgan fingerprint density at radius 2 is 2.05 bits per heavy atom. The Kier molecular flexibility index (Phi) is 2.92. The van der Waals surface area contributed by atoms with E-state index < -0.39 is 0 Å². The Bertz CT molecular complexity index is 629. The van der Waals surface area contributed by atoms with Crippen LogP contribution in [0.4, 0.5) is 5.13 Å². The fourth-order valence-corrected chi connectivity index (χ4v) is 3.57. The van der Waals surface area contributed by atoms with Crippen LogP contribution in [0, 0.1) is 29.1 Å². The van der Waals surface area contributed by atoms with Gasteiger partial charge in [0, 0.05) is 6.42 Å². The fraction of sp³-hybridized carbons (Fsp3) is 0.500. The summed E-state index contributed by atoms with van der Waals surface area (Å²) in [5.41, 5.74) is -0.203. The van der Waals surface area contributed by atoms with Crippen LogP contribution in [0.5, 0.6) is 0 Å². The number of thiazole rings is 1. The topological polar surface area (TPSA) is 70.5 Å². The quantitative estimate of drug-likeness (QED) is 0.652. The molecule has 1 aliphatic heterocycles. The molecule has 2 amide bonds. The van der Waals surface area contributed by atoms with Gasteiger partial charge in [-0.1, -0.05) is 37.0 Å². The highest BCUT2D eigenvalue weighted by molar-refractivity contribution is 7.16. The van der Waals surface area contributed by atoms with Crippen LogP contribution in [0.3, 0.4) is 0 Å². The van der Waals surface area contributed by atoms with E-state index in [1.807, 2.05) is 13.8 Å². The van der Waals surface area contributed by atoms with Gasteiger partial charge in [-0.2, -0.15) is 0 Å². The highest BCUT2D eigenvalue weighted by Gasteiger charge is 2.73. The van der Waals surface area contributed by atoms with Gasteiger partial charge in [-0.25, -0.2) is 9.88 Å². The molecule has 2 unspecified atom stereocenters. The lowest BCUT2D eigenvalue weighted by atomic mass is 10.1. The first-order chi connectivity index (χ1) is 9.48. The molecule has 1 saturated carbocycles. The summed E-state index contributed by atoms with van der Waals surface area (Å²) >= 11 is 1.23. The van der Waals surface area contributed by atoms with E-state index in [9.17, 15) is 9.59 Å². The van der Waals surface area contributed by atoms with Crippen molar-refractivity contribution in [2.24, 2.45) is 17.3 Å². The number of carbonyl (C=O) groups is 2. The third kappa shape index (κ3) is 1.78. The number of imide groups is 1. The number of aliphatic hydroxyl groups excluding tert-OH is 1. The molecule has 0 bridgehead atoms. The second-order valence-corrected chi connectivity index (χ2v) is 6.58. The highest BCUT2D eigenvalue weighted by Crippen LogP contribution is 2.63. The van der Waals surface area contributed by atoms with E-state index in [0.29, 0.717) is 16.4 Å². The van der Waals surface area contributed by atoms with Crippen LogP contribution in [0.1, 0.15) is 25.1 Å². The summed E-state index contributed by atoms with van der Waals surface area (Å²) in [6.45, 7) is 3.91. The molecule has 2 atom stereocenters. The average molecular weight is 290 g/mol. The highest BCUT2D eigenvalue weighted by atomic mass is 32.1. The third-order valence-corrected chi connectivity index (χ3v) is 4.83. The molecule has 1 aromatic heterocycles. The van der Waals surface area contributed by atoms with Gasteiger partial charge in [-0.3, -0.25) is 9.59 Å². The molecule has 2 aliphatic rings. The molecule has 104 valence electrons. The smallest absolute Gasteiger partial charge is 0.240 e. The summed E-state index contributed by atoms with van der Waals surface area (Å²) in [4.78, 5) is 30.5. The van der Waals surface area contributed by atoms with E-state index in [0.717, 1.165) is 0 Å². The molecule has 3 rings (SSSR count). The zero-order valence-corrected chi connectivity index (χ0v) is 12.0. The maximum Gasteiger partial charge on any atom is 0.240 e.